The largest absolute Gasteiger partial charge is 0.392 e. The molecule has 2 heteroatoms. The summed E-state index contributed by atoms with van der Waals surface area (Å²) in [5.74, 6) is 0. The monoisotopic (exact) mass is 200 g/mol. The van der Waals surface area contributed by atoms with E-state index >= 15 is 0 Å². The molecule has 0 amide bonds. The molecule has 14 heavy (non-hydrogen) atoms. The summed E-state index contributed by atoms with van der Waals surface area (Å²) >= 11 is 0. The highest BCUT2D eigenvalue weighted by Crippen LogP contribution is 2.46. The van der Waals surface area contributed by atoms with Gasteiger partial charge >= 0.3 is 0 Å². The lowest BCUT2D eigenvalue weighted by atomic mass is 9.63. The van der Waals surface area contributed by atoms with Crippen LogP contribution in [0.15, 0.2) is 0 Å². The molecule has 1 fully saturated rings. The summed E-state index contributed by atoms with van der Waals surface area (Å²) in [6.45, 7) is 8.56. The number of aliphatic hydroxyl groups is 1. The number of aliphatic hydroxyl groups excluding tert-OH is 1. The molecule has 1 N–H and O–H groups in total. The number of hydrogen-bond donors (Lipinski definition) is 1. The van der Waals surface area contributed by atoms with E-state index in [1.807, 2.05) is 0 Å². The lowest BCUT2D eigenvalue weighted by Gasteiger charge is -2.51. The van der Waals surface area contributed by atoms with Gasteiger partial charge < -0.3 is 9.84 Å². The van der Waals surface area contributed by atoms with E-state index in [0.29, 0.717) is 6.10 Å². The Hall–Kier alpha value is -0.0800. The summed E-state index contributed by atoms with van der Waals surface area (Å²) in [5, 5.41) is 9.70. The molecule has 1 saturated carbocycles. The molecular weight excluding hydrogens is 176 g/mol. The fourth-order valence-corrected chi connectivity index (χ4v) is 2.22. The minimum Gasteiger partial charge on any atom is -0.392 e. The molecule has 0 aromatic heterocycles. The Morgan fingerprint density at radius 2 is 2.14 bits per heavy atom. The first kappa shape index (κ1) is 12.0. The van der Waals surface area contributed by atoms with Gasteiger partial charge in [0.2, 0.25) is 0 Å². The van der Waals surface area contributed by atoms with Crippen LogP contribution in [0, 0.1) is 5.41 Å². The van der Waals surface area contributed by atoms with Gasteiger partial charge in [-0.2, -0.15) is 0 Å². The molecule has 0 aliphatic heterocycles. The fraction of sp³-hybridized carbons (Fsp3) is 1.00. The van der Waals surface area contributed by atoms with Gasteiger partial charge in [0.1, 0.15) is 0 Å². The van der Waals surface area contributed by atoms with Gasteiger partial charge in [-0.1, -0.05) is 27.2 Å². The van der Waals surface area contributed by atoms with Crippen LogP contribution in [0.4, 0.5) is 0 Å². The van der Waals surface area contributed by atoms with Crippen LogP contribution >= 0.6 is 0 Å². The van der Waals surface area contributed by atoms with Gasteiger partial charge in [-0.25, -0.2) is 0 Å². The van der Waals surface area contributed by atoms with Crippen molar-refractivity contribution in [3.05, 3.63) is 0 Å². The Balaban J connectivity index is 2.40. The van der Waals surface area contributed by atoms with Crippen molar-refractivity contribution in [3.8, 4) is 0 Å². The quantitative estimate of drug-likeness (QED) is 0.739. The normalized spacial score (nSPS) is 39.2. The highest BCUT2D eigenvalue weighted by atomic mass is 16.5. The Kier molecular flexibility index (Phi) is 3.96. The van der Waals surface area contributed by atoms with Crippen molar-refractivity contribution in [2.24, 2.45) is 5.41 Å². The van der Waals surface area contributed by atoms with Crippen molar-refractivity contribution >= 4 is 0 Å². The van der Waals surface area contributed by atoms with Crippen LogP contribution in [0.5, 0.6) is 0 Å². The Morgan fingerprint density at radius 3 is 2.57 bits per heavy atom. The Labute approximate surface area is 87.7 Å². The van der Waals surface area contributed by atoms with Crippen LogP contribution in [0.2, 0.25) is 0 Å². The molecule has 0 radical (unpaired) electrons. The predicted octanol–water partition coefficient (Wildman–Crippen LogP) is 2.74. The first-order valence-electron chi connectivity index (χ1n) is 5.88. The maximum absolute atomic E-state index is 9.70. The zero-order valence-corrected chi connectivity index (χ0v) is 9.92. The molecule has 0 aromatic rings. The predicted molar refractivity (Wildman–Crippen MR) is 58.3 cm³/mol. The van der Waals surface area contributed by atoms with Gasteiger partial charge in [0.05, 0.1) is 18.3 Å². The van der Waals surface area contributed by atoms with E-state index in [9.17, 15) is 5.11 Å². The van der Waals surface area contributed by atoms with Gasteiger partial charge in [-0.15, -0.1) is 0 Å². The molecule has 4 atom stereocenters. The van der Waals surface area contributed by atoms with Gasteiger partial charge in [-0.3, -0.25) is 0 Å². The zero-order valence-electron chi connectivity index (χ0n) is 9.92. The first-order valence-corrected chi connectivity index (χ1v) is 5.88. The zero-order chi connectivity index (χ0) is 10.8. The molecule has 0 heterocycles. The summed E-state index contributed by atoms with van der Waals surface area (Å²) in [6, 6.07) is 0. The molecule has 0 aromatic carbocycles. The molecule has 2 nitrogen and oxygen atoms in total. The molecule has 0 bridgehead atoms. The van der Waals surface area contributed by atoms with E-state index in [4.69, 9.17) is 4.74 Å². The molecular formula is C12H24O2. The van der Waals surface area contributed by atoms with Crippen molar-refractivity contribution < 1.29 is 9.84 Å². The van der Waals surface area contributed by atoms with E-state index in [2.05, 4.69) is 27.7 Å². The second-order valence-electron chi connectivity index (χ2n) is 4.83. The van der Waals surface area contributed by atoms with Crippen molar-refractivity contribution in [3.63, 3.8) is 0 Å². The molecule has 0 spiro atoms. The summed E-state index contributed by atoms with van der Waals surface area (Å²) in [5.41, 5.74) is 0.00199. The van der Waals surface area contributed by atoms with Gasteiger partial charge in [0.25, 0.3) is 0 Å². The van der Waals surface area contributed by atoms with Crippen molar-refractivity contribution in [1.82, 2.24) is 0 Å². The second kappa shape index (κ2) is 4.63. The Morgan fingerprint density at radius 1 is 1.50 bits per heavy atom. The fourth-order valence-electron chi connectivity index (χ4n) is 2.22. The van der Waals surface area contributed by atoms with E-state index < -0.39 is 0 Å². The molecule has 0 saturated heterocycles. The van der Waals surface area contributed by atoms with Crippen LogP contribution in [0.3, 0.4) is 0 Å². The third kappa shape index (κ3) is 2.12. The van der Waals surface area contributed by atoms with Crippen molar-refractivity contribution in [2.45, 2.75) is 71.7 Å². The molecule has 1 aliphatic carbocycles. The summed E-state index contributed by atoms with van der Waals surface area (Å²) in [6.07, 6.45) is 4.54. The lowest BCUT2D eigenvalue weighted by Crippen LogP contribution is -2.56. The topological polar surface area (TPSA) is 29.5 Å². The SMILES string of the molecule is CCCC(C)OC1CC(O)C1(C)CC. The average molecular weight is 200 g/mol. The maximum Gasteiger partial charge on any atom is 0.0681 e. The van der Waals surface area contributed by atoms with E-state index in [1.54, 1.807) is 0 Å². The summed E-state index contributed by atoms with van der Waals surface area (Å²) in [4.78, 5) is 0. The summed E-state index contributed by atoms with van der Waals surface area (Å²) in [7, 11) is 0. The highest BCUT2D eigenvalue weighted by molar-refractivity contribution is 5.00. The lowest BCUT2D eigenvalue weighted by molar-refractivity contribution is -0.202. The van der Waals surface area contributed by atoms with Crippen LogP contribution < -0.4 is 0 Å². The molecule has 1 aliphatic rings. The van der Waals surface area contributed by atoms with Crippen LogP contribution in [0.25, 0.3) is 0 Å². The Bertz CT molecular complexity index is 181. The minimum absolute atomic E-state index is 0.00199. The van der Waals surface area contributed by atoms with Gasteiger partial charge in [-0.05, 0) is 19.8 Å². The van der Waals surface area contributed by atoms with Crippen molar-refractivity contribution in [1.29, 1.82) is 0 Å². The van der Waals surface area contributed by atoms with Crippen LogP contribution in [-0.4, -0.2) is 23.4 Å². The van der Waals surface area contributed by atoms with Crippen molar-refractivity contribution in [2.75, 3.05) is 0 Å². The standard InChI is InChI=1S/C12H24O2/c1-5-7-9(3)14-11-8-10(13)12(11,4)6-2/h9-11,13H,5-8H2,1-4H3. The van der Waals surface area contributed by atoms with E-state index in [0.717, 1.165) is 19.3 Å². The molecule has 4 unspecified atom stereocenters. The van der Waals surface area contributed by atoms with E-state index in [1.165, 1.54) is 6.42 Å². The third-order valence-corrected chi connectivity index (χ3v) is 3.79. The van der Waals surface area contributed by atoms with Gasteiger partial charge in [0, 0.05) is 11.8 Å². The molecule has 1 rings (SSSR count). The number of hydrogen-bond acceptors (Lipinski definition) is 2. The maximum atomic E-state index is 9.70. The first-order chi connectivity index (χ1) is 6.54. The van der Waals surface area contributed by atoms with Crippen LogP contribution in [-0.2, 0) is 4.74 Å². The number of ether oxygens (including phenoxy) is 1. The average Bonchev–Trinajstić information content (AvgIpc) is 2.16. The molecule has 84 valence electrons. The third-order valence-electron chi connectivity index (χ3n) is 3.79. The van der Waals surface area contributed by atoms with Crippen LogP contribution in [0.1, 0.15) is 53.4 Å². The highest BCUT2D eigenvalue weighted by Gasteiger charge is 2.50. The minimum atomic E-state index is -0.161. The van der Waals surface area contributed by atoms with Gasteiger partial charge in [0.15, 0.2) is 0 Å². The smallest absolute Gasteiger partial charge is 0.0681 e. The number of rotatable bonds is 5. The summed E-state index contributed by atoms with van der Waals surface area (Å²) < 4.78 is 5.94. The van der Waals surface area contributed by atoms with E-state index in [-0.39, 0.29) is 17.6 Å². The second-order valence-corrected chi connectivity index (χ2v) is 4.83.